The Bertz CT molecular complexity index is 1030. The lowest BCUT2D eigenvalue weighted by Gasteiger charge is -2.52. The maximum absolute atomic E-state index is 13.8. The van der Waals surface area contributed by atoms with Crippen LogP contribution in [-0.4, -0.2) is 15.8 Å². The van der Waals surface area contributed by atoms with Gasteiger partial charge in [-0.2, -0.15) is 0 Å². The van der Waals surface area contributed by atoms with Crippen LogP contribution < -0.4 is 0 Å². The van der Waals surface area contributed by atoms with Crippen molar-refractivity contribution in [2.45, 2.75) is 50.9 Å². The van der Waals surface area contributed by atoms with E-state index < -0.39 is 0 Å². The molecule has 3 aromatic rings. The van der Waals surface area contributed by atoms with Gasteiger partial charge in [-0.05, 0) is 97.7 Å². The SMILES string of the molecule is O=C(CC1CC2(CCC(c3ccnc4ccc(F)cc34)CC2)C1)c1ccncc1. The molecule has 0 saturated heterocycles. The summed E-state index contributed by atoms with van der Waals surface area (Å²) < 4.78 is 13.8. The van der Waals surface area contributed by atoms with E-state index in [4.69, 9.17) is 0 Å². The summed E-state index contributed by atoms with van der Waals surface area (Å²) in [5.74, 6) is 1.04. The molecule has 1 spiro atoms. The van der Waals surface area contributed by atoms with Crippen molar-refractivity contribution in [3.05, 3.63) is 71.9 Å². The monoisotopic (exact) mass is 388 g/mol. The van der Waals surface area contributed by atoms with Gasteiger partial charge in [0.25, 0.3) is 0 Å². The van der Waals surface area contributed by atoms with Crippen LogP contribution in [0, 0.1) is 17.2 Å². The van der Waals surface area contributed by atoms with Crippen LogP contribution in [0.4, 0.5) is 4.39 Å². The Morgan fingerprint density at radius 2 is 1.79 bits per heavy atom. The fraction of sp³-hybridized carbons (Fsp3) is 0.400. The third-order valence-electron chi connectivity index (χ3n) is 7.14. The average molecular weight is 388 g/mol. The van der Waals surface area contributed by atoms with E-state index in [0.29, 0.717) is 23.7 Å². The molecule has 2 saturated carbocycles. The second-order valence-corrected chi connectivity index (χ2v) is 8.97. The van der Waals surface area contributed by atoms with Gasteiger partial charge in [0.1, 0.15) is 5.82 Å². The molecule has 0 unspecified atom stereocenters. The number of hydrogen-bond acceptors (Lipinski definition) is 3. The number of nitrogens with zero attached hydrogens (tertiary/aromatic N) is 2. The minimum Gasteiger partial charge on any atom is -0.294 e. The smallest absolute Gasteiger partial charge is 0.163 e. The van der Waals surface area contributed by atoms with Crippen molar-refractivity contribution in [3.63, 3.8) is 0 Å². The number of fused-ring (bicyclic) bond motifs is 1. The minimum atomic E-state index is -0.195. The Balaban J connectivity index is 1.21. The third-order valence-corrected chi connectivity index (χ3v) is 7.14. The zero-order valence-corrected chi connectivity index (χ0v) is 16.5. The fourth-order valence-electron chi connectivity index (χ4n) is 5.67. The molecule has 1 aromatic carbocycles. The molecule has 148 valence electrons. The molecular weight excluding hydrogens is 363 g/mol. The molecule has 0 N–H and O–H groups in total. The van der Waals surface area contributed by atoms with E-state index in [-0.39, 0.29) is 11.6 Å². The van der Waals surface area contributed by atoms with Crippen LogP contribution in [0.1, 0.15) is 66.8 Å². The molecule has 0 bridgehead atoms. The first-order chi connectivity index (χ1) is 14.1. The first-order valence-corrected chi connectivity index (χ1v) is 10.6. The molecular formula is C25H25FN2O. The minimum absolute atomic E-state index is 0.195. The molecule has 0 aliphatic heterocycles. The largest absolute Gasteiger partial charge is 0.294 e. The summed E-state index contributed by atoms with van der Waals surface area (Å²) in [6.07, 6.45) is 12.9. The van der Waals surface area contributed by atoms with E-state index >= 15 is 0 Å². The van der Waals surface area contributed by atoms with Crippen LogP contribution in [0.15, 0.2) is 55.0 Å². The van der Waals surface area contributed by atoms with Gasteiger partial charge in [-0.1, -0.05) is 0 Å². The van der Waals surface area contributed by atoms with E-state index in [2.05, 4.69) is 16.0 Å². The Labute approximate surface area is 170 Å². The third kappa shape index (κ3) is 3.57. The highest BCUT2D eigenvalue weighted by molar-refractivity contribution is 5.96. The second-order valence-electron chi connectivity index (χ2n) is 8.97. The number of rotatable bonds is 4. The van der Waals surface area contributed by atoms with Crippen LogP contribution >= 0.6 is 0 Å². The van der Waals surface area contributed by atoms with Gasteiger partial charge in [0, 0.05) is 36.0 Å². The predicted octanol–water partition coefficient (Wildman–Crippen LogP) is 6.10. The van der Waals surface area contributed by atoms with Gasteiger partial charge >= 0.3 is 0 Å². The molecule has 2 fully saturated rings. The molecule has 2 aliphatic carbocycles. The van der Waals surface area contributed by atoms with Crippen LogP contribution in [-0.2, 0) is 0 Å². The molecule has 4 heteroatoms. The number of carbonyl (C=O) groups excluding carboxylic acids is 1. The Morgan fingerprint density at radius 3 is 2.55 bits per heavy atom. The van der Waals surface area contributed by atoms with Gasteiger partial charge in [-0.3, -0.25) is 14.8 Å². The van der Waals surface area contributed by atoms with Crippen LogP contribution in [0.25, 0.3) is 10.9 Å². The first-order valence-electron chi connectivity index (χ1n) is 10.6. The van der Waals surface area contributed by atoms with E-state index in [0.717, 1.165) is 29.3 Å². The summed E-state index contributed by atoms with van der Waals surface area (Å²) in [5, 5.41) is 0.961. The standard InChI is InChI=1S/C25H25FN2O/c26-20-1-2-23-22(14-20)21(7-12-28-23)18-3-8-25(9-4-18)15-17(16-25)13-24(29)19-5-10-27-11-6-19/h1-2,5-7,10-12,14,17-18H,3-4,8-9,13,15-16H2. The highest BCUT2D eigenvalue weighted by Crippen LogP contribution is 2.58. The van der Waals surface area contributed by atoms with Gasteiger partial charge in [-0.25, -0.2) is 4.39 Å². The summed E-state index contributed by atoms with van der Waals surface area (Å²) in [6.45, 7) is 0. The average Bonchev–Trinajstić information content (AvgIpc) is 2.73. The molecule has 2 heterocycles. The quantitative estimate of drug-likeness (QED) is 0.508. The summed E-state index contributed by atoms with van der Waals surface area (Å²) in [7, 11) is 0. The van der Waals surface area contributed by atoms with E-state index in [1.165, 1.54) is 37.3 Å². The number of aromatic nitrogens is 2. The van der Waals surface area contributed by atoms with Gasteiger partial charge in [0.15, 0.2) is 5.78 Å². The molecule has 5 rings (SSSR count). The van der Waals surface area contributed by atoms with Crippen molar-refractivity contribution in [2.75, 3.05) is 0 Å². The molecule has 0 atom stereocenters. The maximum atomic E-state index is 13.8. The second kappa shape index (κ2) is 7.33. The van der Waals surface area contributed by atoms with E-state index in [1.54, 1.807) is 24.5 Å². The maximum Gasteiger partial charge on any atom is 0.163 e. The molecule has 2 aromatic heterocycles. The summed E-state index contributed by atoms with van der Waals surface area (Å²) in [5.41, 5.74) is 3.32. The molecule has 0 radical (unpaired) electrons. The number of benzene rings is 1. The summed E-state index contributed by atoms with van der Waals surface area (Å²) >= 11 is 0. The lowest BCUT2D eigenvalue weighted by molar-refractivity contribution is 0.00733. The summed E-state index contributed by atoms with van der Waals surface area (Å²) in [6, 6.07) is 10.6. The van der Waals surface area contributed by atoms with Gasteiger partial charge in [0.05, 0.1) is 5.52 Å². The van der Waals surface area contributed by atoms with Crippen LogP contribution in [0.2, 0.25) is 0 Å². The predicted molar refractivity (Wildman–Crippen MR) is 111 cm³/mol. The van der Waals surface area contributed by atoms with Crippen molar-refractivity contribution < 1.29 is 9.18 Å². The van der Waals surface area contributed by atoms with Gasteiger partial charge in [0.2, 0.25) is 0 Å². The van der Waals surface area contributed by atoms with Crippen molar-refractivity contribution in [2.24, 2.45) is 11.3 Å². The Kier molecular flexibility index (Phi) is 4.65. The first kappa shape index (κ1) is 18.4. The Hall–Kier alpha value is -2.62. The topological polar surface area (TPSA) is 42.9 Å². The van der Waals surface area contributed by atoms with Crippen molar-refractivity contribution in [3.8, 4) is 0 Å². The molecule has 29 heavy (non-hydrogen) atoms. The van der Waals surface area contributed by atoms with Gasteiger partial charge < -0.3 is 0 Å². The van der Waals surface area contributed by atoms with E-state index in [9.17, 15) is 9.18 Å². The normalized spacial score (nSPS) is 26.4. The van der Waals surface area contributed by atoms with Crippen molar-refractivity contribution in [1.29, 1.82) is 0 Å². The van der Waals surface area contributed by atoms with Crippen LogP contribution in [0.5, 0.6) is 0 Å². The number of Topliss-reactive ketones (excluding diaryl/α,β-unsaturated/α-hetero) is 1. The number of ketones is 1. The lowest BCUT2D eigenvalue weighted by Crippen LogP contribution is -2.40. The number of pyridine rings is 2. The molecule has 0 amide bonds. The van der Waals surface area contributed by atoms with Crippen molar-refractivity contribution >= 4 is 16.7 Å². The zero-order valence-electron chi connectivity index (χ0n) is 16.5. The number of hydrogen-bond donors (Lipinski definition) is 0. The highest BCUT2D eigenvalue weighted by Gasteiger charge is 2.46. The fourth-order valence-corrected chi connectivity index (χ4v) is 5.67. The number of halogens is 1. The highest BCUT2D eigenvalue weighted by atomic mass is 19.1. The zero-order chi connectivity index (χ0) is 19.8. The Morgan fingerprint density at radius 1 is 1.03 bits per heavy atom. The lowest BCUT2D eigenvalue weighted by atomic mass is 9.53. The van der Waals surface area contributed by atoms with E-state index in [1.807, 2.05) is 18.3 Å². The number of carbonyl (C=O) groups is 1. The van der Waals surface area contributed by atoms with Crippen molar-refractivity contribution in [1.82, 2.24) is 9.97 Å². The van der Waals surface area contributed by atoms with Crippen LogP contribution in [0.3, 0.4) is 0 Å². The molecule has 2 aliphatic rings. The molecule has 3 nitrogen and oxygen atoms in total. The van der Waals surface area contributed by atoms with Gasteiger partial charge in [-0.15, -0.1) is 0 Å². The summed E-state index contributed by atoms with van der Waals surface area (Å²) in [4.78, 5) is 20.8.